The number of phenolic OH excluding ortho intramolecular Hbond substituents is 1. The van der Waals surface area contributed by atoms with E-state index in [2.05, 4.69) is 25.6 Å². The van der Waals surface area contributed by atoms with Crippen LogP contribution in [-0.2, 0) is 0 Å². The molecule has 7 heteroatoms. The molecule has 2 aromatic heterocycles. The van der Waals surface area contributed by atoms with Gasteiger partial charge in [-0.05, 0) is 30.2 Å². The maximum absolute atomic E-state index is 9.67. The van der Waals surface area contributed by atoms with Gasteiger partial charge in [-0.2, -0.15) is 4.98 Å². The first-order valence-electron chi connectivity index (χ1n) is 8.79. The van der Waals surface area contributed by atoms with Crippen LogP contribution < -0.4 is 10.6 Å². The summed E-state index contributed by atoms with van der Waals surface area (Å²) in [4.78, 5) is 13.4. The Balaban J connectivity index is 1.97. The predicted octanol–water partition coefficient (Wildman–Crippen LogP) is 3.42. The summed E-state index contributed by atoms with van der Waals surface area (Å²) >= 11 is 0. The smallest absolute Gasteiger partial charge is 0.225 e. The molecular weight excluding hydrogens is 342 g/mol. The number of aliphatic hydroxyl groups is 1. The number of benzene rings is 1. The van der Waals surface area contributed by atoms with Crippen molar-refractivity contribution in [1.29, 1.82) is 0 Å². The summed E-state index contributed by atoms with van der Waals surface area (Å²) in [6, 6.07) is 14.0. The van der Waals surface area contributed by atoms with Gasteiger partial charge in [0.1, 0.15) is 11.6 Å². The van der Waals surface area contributed by atoms with Gasteiger partial charge in [-0.3, -0.25) is 4.98 Å². The lowest BCUT2D eigenvalue weighted by atomic mass is 10.1. The average molecular weight is 365 g/mol. The van der Waals surface area contributed by atoms with Gasteiger partial charge < -0.3 is 20.8 Å². The SMILES string of the molecule is CC(C)[C@@H](CO)Nc1nc(Nc2cccc(O)c2)cc(-c2ccccn2)n1. The molecule has 0 aliphatic carbocycles. The standard InChI is InChI=1S/C20H23N5O2/c1-13(2)18(12-26)24-20-23-17(16-8-3-4-9-21-16)11-19(25-20)22-14-6-5-7-15(27)10-14/h3-11,13,18,26-27H,12H2,1-2H3,(H2,22,23,24,25)/t18-/m1/s1. The lowest BCUT2D eigenvalue weighted by Crippen LogP contribution is -2.30. The van der Waals surface area contributed by atoms with E-state index >= 15 is 0 Å². The van der Waals surface area contributed by atoms with E-state index in [0.29, 0.717) is 28.8 Å². The number of pyridine rings is 1. The quantitative estimate of drug-likeness (QED) is 0.509. The summed E-state index contributed by atoms with van der Waals surface area (Å²) in [6.45, 7) is 4.01. The van der Waals surface area contributed by atoms with E-state index in [9.17, 15) is 10.2 Å². The van der Waals surface area contributed by atoms with Crippen molar-refractivity contribution < 1.29 is 10.2 Å². The van der Waals surface area contributed by atoms with Crippen LogP contribution in [0.25, 0.3) is 11.4 Å². The Kier molecular flexibility index (Phi) is 5.83. The molecule has 0 saturated heterocycles. The summed E-state index contributed by atoms with van der Waals surface area (Å²) in [7, 11) is 0. The van der Waals surface area contributed by atoms with Crippen molar-refractivity contribution in [1.82, 2.24) is 15.0 Å². The highest BCUT2D eigenvalue weighted by Crippen LogP contribution is 2.24. The molecule has 2 heterocycles. The number of aliphatic hydroxyl groups excluding tert-OH is 1. The molecule has 0 spiro atoms. The third-order valence-electron chi connectivity index (χ3n) is 4.09. The van der Waals surface area contributed by atoms with Crippen molar-refractivity contribution in [3.63, 3.8) is 0 Å². The van der Waals surface area contributed by atoms with Gasteiger partial charge in [0.15, 0.2) is 0 Å². The highest BCUT2D eigenvalue weighted by Gasteiger charge is 2.15. The highest BCUT2D eigenvalue weighted by molar-refractivity contribution is 5.65. The topological polar surface area (TPSA) is 103 Å². The monoisotopic (exact) mass is 365 g/mol. The Labute approximate surface area is 158 Å². The normalized spacial score (nSPS) is 12.0. The second-order valence-electron chi connectivity index (χ2n) is 6.53. The van der Waals surface area contributed by atoms with Crippen LogP contribution in [0.2, 0.25) is 0 Å². The zero-order valence-electron chi connectivity index (χ0n) is 15.3. The van der Waals surface area contributed by atoms with Crippen LogP contribution in [0.5, 0.6) is 5.75 Å². The number of nitrogens with one attached hydrogen (secondary N) is 2. The van der Waals surface area contributed by atoms with Crippen molar-refractivity contribution in [2.24, 2.45) is 5.92 Å². The Hall–Kier alpha value is -3.19. The van der Waals surface area contributed by atoms with E-state index in [1.54, 1.807) is 30.5 Å². The van der Waals surface area contributed by atoms with Crippen molar-refractivity contribution in [2.45, 2.75) is 19.9 Å². The summed E-state index contributed by atoms with van der Waals surface area (Å²) in [5.74, 6) is 1.32. The van der Waals surface area contributed by atoms with Crippen LogP contribution >= 0.6 is 0 Å². The van der Waals surface area contributed by atoms with Crippen LogP contribution in [0.1, 0.15) is 13.8 Å². The minimum atomic E-state index is -0.169. The van der Waals surface area contributed by atoms with E-state index in [1.165, 1.54) is 0 Å². The number of phenols is 1. The molecule has 0 fully saturated rings. The minimum absolute atomic E-state index is 0.0236. The largest absolute Gasteiger partial charge is 0.508 e. The van der Waals surface area contributed by atoms with Crippen LogP contribution in [0, 0.1) is 5.92 Å². The zero-order chi connectivity index (χ0) is 19.2. The van der Waals surface area contributed by atoms with Gasteiger partial charge in [-0.25, -0.2) is 4.98 Å². The summed E-state index contributed by atoms with van der Waals surface area (Å²) in [5.41, 5.74) is 2.07. The van der Waals surface area contributed by atoms with E-state index in [4.69, 9.17) is 0 Å². The van der Waals surface area contributed by atoms with E-state index in [0.717, 1.165) is 0 Å². The fraction of sp³-hybridized carbons (Fsp3) is 0.250. The zero-order valence-corrected chi connectivity index (χ0v) is 15.3. The number of aromatic hydroxyl groups is 1. The van der Waals surface area contributed by atoms with Gasteiger partial charge in [-0.1, -0.05) is 26.0 Å². The third kappa shape index (κ3) is 4.92. The van der Waals surface area contributed by atoms with Gasteiger partial charge in [-0.15, -0.1) is 0 Å². The number of hydrogen-bond acceptors (Lipinski definition) is 7. The molecule has 0 radical (unpaired) electrons. The second kappa shape index (κ2) is 8.46. The van der Waals surface area contributed by atoms with Gasteiger partial charge in [0.05, 0.1) is 24.0 Å². The molecule has 0 amide bonds. The van der Waals surface area contributed by atoms with Crippen LogP contribution in [0.15, 0.2) is 54.7 Å². The van der Waals surface area contributed by atoms with E-state index in [1.807, 2.05) is 38.1 Å². The van der Waals surface area contributed by atoms with Crippen LogP contribution in [0.4, 0.5) is 17.5 Å². The maximum atomic E-state index is 9.67. The molecule has 0 aliphatic heterocycles. The number of nitrogens with zero attached hydrogens (tertiary/aromatic N) is 3. The molecule has 0 bridgehead atoms. The highest BCUT2D eigenvalue weighted by atomic mass is 16.3. The lowest BCUT2D eigenvalue weighted by Gasteiger charge is -2.20. The molecule has 1 atom stereocenters. The molecule has 4 N–H and O–H groups in total. The molecule has 27 heavy (non-hydrogen) atoms. The molecule has 7 nitrogen and oxygen atoms in total. The van der Waals surface area contributed by atoms with Crippen molar-refractivity contribution in [2.75, 3.05) is 17.2 Å². The van der Waals surface area contributed by atoms with E-state index < -0.39 is 0 Å². The van der Waals surface area contributed by atoms with Crippen molar-refractivity contribution in [3.05, 3.63) is 54.7 Å². The fourth-order valence-corrected chi connectivity index (χ4v) is 2.54. The van der Waals surface area contributed by atoms with Gasteiger partial charge in [0.25, 0.3) is 0 Å². The lowest BCUT2D eigenvalue weighted by molar-refractivity contribution is 0.248. The molecule has 3 aromatic rings. The van der Waals surface area contributed by atoms with Crippen LogP contribution in [0.3, 0.4) is 0 Å². The molecule has 3 rings (SSSR count). The first-order valence-corrected chi connectivity index (χ1v) is 8.79. The first kappa shape index (κ1) is 18.6. The summed E-state index contributed by atoms with van der Waals surface area (Å²) < 4.78 is 0. The van der Waals surface area contributed by atoms with Gasteiger partial charge >= 0.3 is 0 Å². The molecule has 1 aromatic carbocycles. The Morgan fingerprint density at radius 2 is 1.85 bits per heavy atom. The van der Waals surface area contributed by atoms with Crippen LogP contribution in [-0.4, -0.2) is 37.8 Å². The predicted molar refractivity (Wildman–Crippen MR) is 106 cm³/mol. The molecule has 0 saturated carbocycles. The maximum Gasteiger partial charge on any atom is 0.225 e. The third-order valence-corrected chi connectivity index (χ3v) is 4.09. The Bertz CT molecular complexity index is 887. The summed E-state index contributed by atoms with van der Waals surface area (Å²) in [5, 5.41) is 25.6. The molecule has 140 valence electrons. The number of rotatable bonds is 7. The van der Waals surface area contributed by atoms with Gasteiger partial charge in [0, 0.05) is 24.0 Å². The Morgan fingerprint density at radius 1 is 1.00 bits per heavy atom. The van der Waals surface area contributed by atoms with E-state index in [-0.39, 0.29) is 24.3 Å². The number of hydrogen-bond donors (Lipinski definition) is 4. The second-order valence-corrected chi connectivity index (χ2v) is 6.53. The number of aromatic nitrogens is 3. The fourth-order valence-electron chi connectivity index (χ4n) is 2.54. The average Bonchev–Trinajstić information content (AvgIpc) is 2.66. The molecular formula is C20H23N5O2. The summed E-state index contributed by atoms with van der Waals surface area (Å²) in [6.07, 6.45) is 1.71. The minimum Gasteiger partial charge on any atom is -0.508 e. The molecule has 0 aliphatic rings. The number of anilines is 3. The van der Waals surface area contributed by atoms with Crippen molar-refractivity contribution in [3.8, 4) is 17.1 Å². The van der Waals surface area contributed by atoms with Crippen molar-refractivity contribution >= 4 is 17.5 Å². The van der Waals surface area contributed by atoms with Gasteiger partial charge in [0.2, 0.25) is 5.95 Å². The first-order chi connectivity index (χ1) is 13.0. The Morgan fingerprint density at radius 3 is 2.52 bits per heavy atom. The molecule has 0 unspecified atom stereocenters.